The van der Waals surface area contributed by atoms with Gasteiger partial charge in [0, 0.05) is 12.1 Å². The molecule has 11 heteroatoms. The molecule has 1 aromatic carbocycles. The van der Waals surface area contributed by atoms with Crippen molar-refractivity contribution in [1.29, 1.82) is 0 Å². The average molecular weight is 498 g/mol. The molecule has 3 aromatic rings. The first-order chi connectivity index (χ1) is 17.6. The van der Waals surface area contributed by atoms with Crippen molar-refractivity contribution in [2.45, 2.75) is 70.3 Å². The number of unbranched alkanes of at least 4 members (excludes halogenated alkanes) is 3. The highest BCUT2D eigenvalue weighted by atomic mass is 19.1. The number of hydroxylamine groups is 1. The van der Waals surface area contributed by atoms with Crippen molar-refractivity contribution in [2.75, 3.05) is 11.9 Å². The van der Waals surface area contributed by atoms with Gasteiger partial charge >= 0.3 is 0 Å². The summed E-state index contributed by atoms with van der Waals surface area (Å²) in [6.07, 6.45) is 12.4. The Labute approximate surface area is 209 Å². The van der Waals surface area contributed by atoms with Crippen LogP contribution in [-0.4, -0.2) is 42.7 Å². The van der Waals surface area contributed by atoms with Crippen LogP contribution < -0.4 is 15.5 Å². The van der Waals surface area contributed by atoms with E-state index in [2.05, 4.69) is 25.6 Å². The quantitative estimate of drug-likeness (QED) is 0.182. The Kier molecular flexibility index (Phi) is 9.15. The first-order valence-electron chi connectivity index (χ1n) is 12.5. The summed E-state index contributed by atoms with van der Waals surface area (Å²) in [5.41, 5.74) is 2.89. The summed E-state index contributed by atoms with van der Waals surface area (Å²) in [6.45, 7) is 0.574. The van der Waals surface area contributed by atoms with E-state index in [0.29, 0.717) is 24.8 Å². The summed E-state index contributed by atoms with van der Waals surface area (Å²) in [6, 6.07) is 7.68. The number of anilines is 2. The zero-order valence-corrected chi connectivity index (χ0v) is 20.2. The second-order valence-electron chi connectivity index (χ2n) is 8.96. The number of ether oxygens (including phenoxy) is 1. The molecule has 36 heavy (non-hydrogen) atoms. The van der Waals surface area contributed by atoms with Gasteiger partial charge in [-0.2, -0.15) is 0 Å². The van der Waals surface area contributed by atoms with Crippen molar-refractivity contribution >= 4 is 17.5 Å². The lowest BCUT2D eigenvalue weighted by atomic mass is 9.96. The van der Waals surface area contributed by atoms with Crippen LogP contribution in [-0.2, 0) is 4.79 Å². The number of carbonyl (C=O) groups is 1. The van der Waals surface area contributed by atoms with Gasteiger partial charge in [-0.3, -0.25) is 10.0 Å². The molecule has 1 fully saturated rings. The molecule has 0 spiro atoms. The summed E-state index contributed by atoms with van der Waals surface area (Å²) in [7, 11) is 0. The van der Waals surface area contributed by atoms with Crippen molar-refractivity contribution in [3.63, 3.8) is 0 Å². The molecular weight excluding hydrogens is 465 g/mol. The van der Waals surface area contributed by atoms with E-state index in [9.17, 15) is 9.18 Å². The highest BCUT2D eigenvalue weighted by Gasteiger charge is 2.19. The molecule has 0 bridgehead atoms. The molecule has 0 radical (unpaired) electrons. The standard InChI is InChI=1S/C25H32FN7O3/c26-21-16-27-25(29-24(21)22-17-33(32-30-22)19-8-4-3-5-9-19)28-18-11-13-20(14-12-18)36-15-7-2-1-6-10-23(34)31-35/h11-14,16-17,19,35H,1-10,15H2,(H,31,34)(H,27,28,29). The summed E-state index contributed by atoms with van der Waals surface area (Å²) in [5.74, 6) is 0.101. The van der Waals surface area contributed by atoms with Gasteiger partial charge < -0.3 is 10.1 Å². The largest absolute Gasteiger partial charge is 0.494 e. The van der Waals surface area contributed by atoms with E-state index in [1.807, 2.05) is 28.9 Å². The van der Waals surface area contributed by atoms with Crippen molar-refractivity contribution in [3.8, 4) is 17.1 Å². The molecular formula is C25H32FN7O3. The van der Waals surface area contributed by atoms with Gasteiger partial charge in [0.25, 0.3) is 0 Å². The number of halogens is 1. The zero-order valence-electron chi connectivity index (χ0n) is 20.2. The van der Waals surface area contributed by atoms with Crippen LogP contribution in [0.4, 0.5) is 16.0 Å². The molecule has 1 saturated carbocycles. The summed E-state index contributed by atoms with van der Waals surface area (Å²) in [4.78, 5) is 19.4. The minimum absolute atomic E-state index is 0.117. The summed E-state index contributed by atoms with van der Waals surface area (Å²) < 4.78 is 22.1. The first-order valence-corrected chi connectivity index (χ1v) is 12.5. The van der Waals surface area contributed by atoms with E-state index in [4.69, 9.17) is 9.94 Å². The van der Waals surface area contributed by atoms with Crippen molar-refractivity contribution in [3.05, 3.63) is 42.5 Å². The number of nitrogens with one attached hydrogen (secondary N) is 2. The lowest BCUT2D eigenvalue weighted by Crippen LogP contribution is -2.17. The Morgan fingerprint density at radius 3 is 2.67 bits per heavy atom. The summed E-state index contributed by atoms with van der Waals surface area (Å²) >= 11 is 0. The fourth-order valence-corrected chi connectivity index (χ4v) is 4.27. The number of nitrogens with zero attached hydrogens (tertiary/aromatic N) is 5. The fourth-order valence-electron chi connectivity index (χ4n) is 4.27. The van der Waals surface area contributed by atoms with Crippen molar-refractivity contribution in [2.24, 2.45) is 0 Å². The topological polar surface area (TPSA) is 127 Å². The third-order valence-corrected chi connectivity index (χ3v) is 6.25. The molecule has 4 rings (SSSR count). The molecule has 0 atom stereocenters. The molecule has 3 N–H and O–H groups in total. The van der Waals surface area contributed by atoms with Crippen LogP contribution >= 0.6 is 0 Å². The number of amides is 1. The predicted octanol–water partition coefficient (Wildman–Crippen LogP) is 4.96. The van der Waals surface area contributed by atoms with Crippen LogP contribution in [0.1, 0.15) is 70.3 Å². The van der Waals surface area contributed by atoms with E-state index < -0.39 is 5.82 Å². The molecule has 1 aliphatic carbocycles. The van der Waals surface area contributed by atoms with Gasteiger partial charge in [-0.1, -0.05) is 37.3 Å². The molecule has 1 aliphatic rings. The van der Waals surface area contributed by atoms with E-state index in [-0.39, 0.29) is 17.5 Å². The Bertz CT molecular complexity index is 1120. The third kappa shape index (κ3) is 7.20. The second-order valence-corrected chi connectivity index (χ2v) is 8.96. The number of hydrogen-bond donors (Lipinski definition) is 3. The summed E-state index contributed by atoms with van der Waals surface area (Å²) in [5, 5.41) is 19.9. The smallest absolute Gasteiger partial charge is 0.243 e. The SMILES string of the molecule is O=C(CCCCCCOc1ccc(Nc2ncc(F)c(-c3cn(C4CCCCC4)nn3)n2)cc1)NO. The normalized spacial score (nSPS) is 13.9. The van der Waals surface area contributed by atoms with Crippen molar-refractivity contribution < 1.29 is 19.1 Å². The lowest BCUT2D eigenvalue weighted by molar-refractivity contribution is -0.129. The maximum Gasteiger partial charge on any atom is 0.243 e. The molecule has 0 aliphatic heterocycles. The monoisotopic (exact) mass is 497 g/mol. The van der Waals surface area contributed by atoms with Gasteiger partial charge in [-0.05, 0) is 49.9 Å². The van der Waals surface area contributed by atoms with Crippen molar-refractivity contribution in [1.82, 2.24) is 30.4 Å². The molecule has 1 amide bonds. The minimum atomic E-state index is -0.545. The molecule has 10 nitrogen and oxygen atoms in total. The van der Waals surface area contributed by atoms with Crippen LogP contribution in [0.5, 0.6) is 5.75 Å². The lowest BCUT2D eigenvalue weighted by Gasteiger charge is -2.20. The zero-order chi connectivity index (χ0) is 25.2. The average Bonchev–Trinajstić information content (AvgIpc) is 3.40. The molecule has 192 valence electrons. The van der Waals surface area contributed by atoms with Crippen LogP contribution in [0, 0.1) is 5.82 Å². The number of benzene rings is 1. The third-order valence-electron chi connectivity index (χ3n) is 6.25. The van der Waals surface area contributed by atoms with E-state index >= 15 is 0 Å². The van der Waals surface area contributed by atoms with E-state index in [1.165, 1.54) is 19.3 Å². The van der Waals surface area contributed by atoms with E-state index in [0.717, 1.165) is 56.2 Å². The molecule has 2 heterocycles. The van der Waals surface area contributed by atoms with Crippen LogP contribution in [0.25, 0.3) is 11.4 Å². The molecule has 2 aromatic heterocycles. The van der Waals surface area contributed by atoms with Gasteiger partial charge in [-0.15, -0.1) is 5.10 Å². The number of rotatable bonds is 12. The predicted molar refractivity (Wildman–Crippen MR) is 131 cm³/mol. The van der Waals surface area contributed by atoms with Crippen LogP contribution in [0.2, 0.25) is 0 Å². The Balaban J connectivity index is 1.27. The maximum atomic E-state index is 14.5. The minimum Gasteiger partial charge on any atom is -0.494 e. The number of hydrogen-bond acceptors (Lipinski definition) is 8. The van der Waals surface area contributed by atoms with Gasteiger partial charge in [-0.25, -0.2) is 24.5 Å². The van der Waals surface area contributed by atoms with Crippen LogP contribution in [0.15, 0.2) is 36.7 Å². The highest BCUT2D eigenvalue weighted by molar-refractivity contribution is 5.74. The van der Waals surface area contributed by atoms with Gasteiger partial charge in [0.1, 0.15) is 17.1 Å². The molecule has 0 saturated heterocycles. The van der Waals surface area contributed by atoms with Crippen LogP contribution in [0.3, 0.4) is 0 Å². The van der Waals surface area contributed by atoms with Gasteiger partial charge in [0.05, 0.1) is 25.0 Å². The number of aromatic nitrogens is 5. The van der Waals surface area contributed by atoms with E-state index in [1.54, 1.807) is 11.7 Å². The molecule has 0 unspecified atom stereocenters. The second kappa shape index (κ2) is 12.9. The fraction of sp³-hybridized carbons (Fsp3) is 0.480. The number of carbonyl (C=O) groups excluding carboxylic acids is 1. The Hall–Kier alpha value is -3.60. The maximum absolute atomic E-state index is 14.5. The first kappa shape index (κ1) is 25.5. The van der Waals surface area contributed by atoms with Gasteiger partial charge in [0.15, 0.2) is 5.82 Å². The Morgan fingerprint density at radius 1 is 1.11 bits per heavy atom. The highest BCUT2D eigenvalue weighted by Crippen LogP contribution is 2.29. The van der Waals surface area contributed by atoms with Gasteiger partial charge in [0.2, 0.25) is 11.9 Å². The Morgan fingerprint density at radius 2 is 1.89 bits per heavy atom.